The fourth-order valence-electron chi connectivity index (χ4n) is 5.41. The Balaban J connectivity index is 1.43. The van der Waals surface area contributed by atoms with Crippen LogP contribution in [0, 0.1) is 11.3 Å². The number of sulfonamides is 1. The van der Waals surface area contributed by atoms with Crippen molar-refractivity contribution < 1.29 is 18.0 Å². The number of fused-ring (bicyclic) bond motifs is 2. The lowest BCUT2D eigenvalue weighted by molar-refractivity contribution is -0.141. The van der Waals surface area contributed by atoms with Gasteiger partial charge in [-0.25, -0.2) is 12.7 Å². The molecule has 1 unspecified atom stereocenters. The summed E-state index contributed by atoms with van der Waals surface area (Å²) in [6, 6.07) is 7.05. The van der Waals surface area contributed by atoms with Crippen molar-refractivity contribution in [2.45, 2.75) is 61.3 Å². The molecule has 1 aromatic carbocycles. The number of carbonyl (C=O) groups excluding carboxylic acids is 2. The molecule has 2 N–H and O–H groups in total. The normalized spacial score (nSPS) is 26.8. The molecule has 2 bridgehead atoms. The Kier molecular flexibility index (Phi) is 6.70. The molecule has 3 heterocycles. The van der Waals surface area contributed by atoms with E-state index in [0.717, 1.165) is 12.0 Å². The van der Waals surface area contributed by atoms with E-state index < -0.39 is 22.1 Å². The fraction of sp³-hybridized carbons (Fsp3) is 0.609. The molecule has 0 saturated carbocycles. The predicted molar refractivity (Wildman–Crippen MR) is 125 cm³/mol. The Labute approximate surface area is 200 Å². The summed E-state index contributed by atoms with van der Waals surface area (Å²) in [5, 5.41) is 9.25. The van der Waals surface area contributed by atoms with Crippen molar-refractivity contribution in [2.24, 2.45) is 5.73 Å². The number of piperazine rings is 1. The number of nitrogens with zero attached hydrogens (tertiary/aromatic N) is 5. The van der Waals surface area contributed by atoms with Gasteiger partial charge in [0.1, 0.15) is 6.04 Å². The van der Waals surface area contributed by atoms with Crippen LogP contribution in [0.15, 0.2) is 29.2 Å². The van der Waals surface area contributed by atoms with Crippen molar-refractivity contribution in [1.29, 1.82) is 5.26 Å². The molecule has 3 saturated heterocycles. The van der Waals surface area contributed by atoms with Gasteiger partial charge >= 0.3 is 0 Å². The highest BCUT2D eigenvalue weighted by molar-refractivity contribution is 7.89. The minimum absolute atomic E-state index is 0.0254. The van der Waals surface area contributed by atoms with Gasteiger partial charge in [-0.2, -0.15) is 5.26 Å². The second kappa shape index (κ2) is 9.26. The Hall–Kier alpha value is -2.52. The van der Waals surface area contributed by atoms with Crippen molar-refractivity contribution in [3.63, 3.8) is 0 Å². The largest absolute Gasteiger partial charge is 0.330 e. The zero-order chi connectivity index (χ0) is 24.8. The average molecular weight is 489 g/mol. The van der Waals surface area contributed by atoms with Crippen LogP contribution in [0.25, 0.3) is 0 Å². The molecule has 2 amide bonds. The Morgan fingerprint density at radius 3 is 2.74 bits per heavy atom. The molecule has 34 heavy (non-hydrogen) atoms. The first-order valence-electron chi connectivity index (χ1n) is 11.6. The molecular weight excluding hydrogens is 456 g/mol. The fourth-order valence-corrected chi connectivity index (χ4v) is 6.37. The van der Waals surface area contributed by atoms with E-state index in [9.17, 15) is 23.3 Å². The van der Waals surface area contributed by atoms with Crippen LogP contribution in [0.5, 0.6) is 0 Å². The van der Waals surface area contributed by atoms with E-state index >= 15 is 0 Å². The van der Waals surface area contributed by atoms with E-state index in [4.69, 9.17) is 5.73 Å². The predicted octanol–water partition coefficient (Wildman–Crippen LogP) is 0.125. The molecule has 10 nitrogen and oxygen atoms in total. The molecule has 11 heteroatoms. The minimum Gasteiger partial charge on any atom is -0.330 e. The Morgan fingerprint density at radius 1 is 1.35 bits per heavy atom. The summed E-state index contributed by atoms with van der Waals surface area (Å²) in [6.07, 6.45) is 2.13. The van der Waals surface area contributed by atoms with Gasteiger partial charge in [0.05, 0.1) is 29.1 Å². The Morgan fingerprint density at radius 2 is 2.09 bits per heavy atom. The van der Waals surface area contributed by atoms with Gasteiger partial charge in [-0.3, -0.25) is 14.5 Å². The number of hydrogen-bond donors (Lipinski definition) is 1. The third-order valence-corrected chi connectivity index (χ3v) is 9.10. The van der Waals surface area contributed by atoms with Gasteiger partial charge < -0.3 is 15.5 Å². The van der Waals surface area contributed by atoms with Crippen molar-refractivity contribution in [3.05, 3.63) is 29.8 Å². The van der Waals surface area contributed by atoms with Crippen molar-refractivity contribution in [2.75, 3.05) is 33.7 Å². The van der Waals surface area contributed by atoms with Crippen LogP contribution in [0.2, 0.25) is 0 Å². The van der Waals surface area contributed by atoms with Crippen molar-refractivity contribution >= 4 is 21.8 Å². The van der Waals surface area contributed by atoms with Crippen LogP contribution < -0.4 is 5.73 Å². The zero-order valence-electron chi connectivity index (χ0n) is 19.8. The molecule has 0 spiro atoms. The zero-order valence-corrected chi connectivity index (χ0v) is 20.6. The van der Waals surface area contributed by atoms with E-state index in [1.54, 1.807) is 23.1 Å². The van der Waals surface area contributed by atoms with Crippen LogP contribution in [-0.2, 0) is 19.6 Å². The highest BCUT2D eigenvalue weighted by atomic mass is 32.2. The first-order chi connectivity index (χ1) is 16.1. The summed E-state index contributed by atoms with van der Waals surface area (Å²) in [6.45, 7) is 3.34. The molecule has 0 aromatic heterocycles. The summed E-state index contributed by atoms with van der Waals surface area (Å²) in [7, 11) is -0.595. The van der Waals surface area contributed by atoms with E-state index in [1.165, 1.54) is 18.4 Å². The van der Waals surface area contributed by atoms with Crippen molar-refractivity contribution in [3.8, 4) is 6.07 Å². The van der Waals surface area contributed by atoms with Gasteiger partial charge in [0, 0.05) is 39.8 Å². The lowest BCUT2D eigenvalue weighted by Gasteiger charge is -2.38. The maximum atomic E-state index is 13.3. The van der Waals surface area contributed by atoms with E-state index in [0.29, 0.717) is 25.9 Å². The van der Waals surface area contributed by atoms with Gasteiger partial charge in [0.2, 0.25) is 21.8 Å². The number of nitrogens with two attached hydrogens (primary N) is 1. The van der Waals surface area contributed by atoms with Crippen LogP contribution >= 0.6 is 0 Å². The van der Waals surface area contributed by atoms with Crippen LogP contribution in [-0.4, -0.2) is 97.1 Å². The molecule has 3 aliphatic rings. The van der Waals surface area contributed by atoms with Gasteiger partial charge in [-0.05, 0) is 43.9 Å². The second-order valence-corrected chi connectivity index (χ2v) is 11.7. The Bertz CT molecular complexity index is 1120. The van der Waals surface area contributed by atoms with Crippen LogP contribution in [0.4, 0.5) is 0 Å². The quantitative estimate of drug-likeness (QED) is 0.577. The number of rotatable bonds is 7. The topological polar surface area (TPSA) is 131 Å². The maximum Gasteiger partial charge on any atom is 0.242 e. The highest BCUT2D eigenvalue weighted by Crippen LogP contribution is 2.38. The lowest BCUT2D eigenvalue weighted by Crippen LogP contribution is -2.56. The first kappa shape index (κ1) is 24.6. The standard InChI is InChI=1S/C23H32N6O4S/c1-15(16-6-4-8-19(10-16)34(32,33)26(2)3)29-18-11-21(23(29)31)27(13-18)14-20(25)22(30)28-9-5-7-17(28)12-24/h4,6,8,10,15,17-18,20-21H,5,7,9,11,13-14,25H2,1-3H3/t15-,17-,18?,20-,21-/m0/s1. The summed E-state index contributed by atoms with van der Waals surface area (Å²) < 4.78 is 26.2. The number of likely N-dealkylation sites (tertiary alicyclic amines) is 3. The summed E-state index contributed by atoms with van der Waals surface area (Å²) in [4.78, 5) is 31.6. The molecule has 3 aliphatic heterocycles. The second-order valence-electron chi connectivity index (χ2n) is 9.57. The molecule has 0 radical (unpaired) electrons. The summed E-state index contributed by atoms with van der Waals surface area (Å²) >= 11 is 0. The van der Waals surface area contributed by atoms with E-state index in [1.807, 2.05) is 22.8 Å². The number of amides is 2. The van der Waals surface area contributed by atoms with Gasteiger partial charge in [-0.1, -0.05) is 12.1 Å². The maximum absolute atomic E-state index is 13.3. The van der Waals surface area contributed by atoms with E-state index in [-0.39, 0.29) is 41.4 Å². The highest BCUT2D eigenvalue weighted by Gasteiger charge is 2.51. The van der Waals surface area contributed by atoms with Gasteiger partial charge in [0.25, 0.3) is 0 Å². The van der Waals surface area contributed by atoms with Crippen molar-refractivity contribution in [1.82, 2.24) is 19.0 Å². The molecule has 4 rings (SSSR count). The smallest absolute Gasteiger partial charge is 0.242 e. The molecular formula is C23H32N6O4S. The average Bonchev–Trinajstić information content (AvgIpc) is 3.52. The summed E-state index contributed by atoms with van der Waals surface area (Å²) in [5.41, 5.74) is 6.97. The van der Waals surface area contributed by atoms with Gasteiger partial charge in [-0.15, -0.1) is 0 Å². The molecule has 184 valence electrons. The number of nitriles is 1. The third-order valence-electron chi connectivity index (χ3n) is 7.28. The van der Waals surface area contributed by atoms with Crippen LogP contribution in [0.1, 0.15) is 37.8 Å². The number of benzene rings is 1. The monoisotopic (exact) mass is 488 g/mol. The molecule has 0 aliphatic carbocycles. The number of hydrogen-bond acceptors (Lipinski definition) is 7. The molecule has 3 fully saturated rings. The first-order valence-corrected chi connectivity index (χ1v) is 13.0. The summed E-state index contributed by atoms with van der Waals surface area (Å²) in [5.74, 6) is -0.260. The molecule has 1 aromatic rings. The number of carbonyl (C=O) groups is 2. The molecule has 5 atom stereocenters. The van der Waals surface area contributed by atoms with Gasteiger partial charge in [0.15, 0.2) is 0 Å². The third kappa shape index (κ3) is 4.20. The SMILES string of the molecule is C[C@@H](c1cccc(S(=O)(=O)N(C)C)c1)N1C(=O)[C@@H]2CC1CN2C[C@H](N)C(=O)N1CCC[C@H]1C#N. The lowest BCUT2D eigenvalue weighted by atomic mass is 10.1. The van der Waals surface area contributed by atoms with E-state index in [2.05, 4.69) is 6.07 Å². The van der Waals surface area contributed by atoms with Crippen LogP contribution in [0.3, 0.4) is 0 Å². The minimum atomic E-state index is -3.57.